The zero-order chi connectivity index (χ0) is 14.7. The molecule has 1 amide bonds. The lowest BCUT2D eigenvalue weighted by Crippen LogP contribution is -2.43. The Morgan fingerprint density at radius 3 is 3.05 bits per heavy atom. The number of rotatable bonds is 4. The van der Waals surface area contributed by atoms with Crippen molar-refractivity contribution in [3.05, 3.63) is 23.5 Å². The third-order valence-electron chi connectivity index (χ3n) is 3.19. The molecule has 110 valence electrons. The molecular formula is C11H13ClN3O4S-. The normalized spacial score (nSPS) is 19.9. The van der Waals surface area contributed by atoms with Crippen molar-refractivity contribution < 1.29 is 18.7 Å². The van der Waals surface area contributed by atoms with Crippen LogP contribution in [0.2, 0.25) is 5.15 Å². The van der Waals surface area contributed by atoms with Crippen molar-refractivity contribution in [3.8, 4) is 0 Å². The summed E-state index contributed by atoms with van der Waals surface area (Å²) in [5, 5.41) is 9.14. The second-order valence-corrected chi connectivity index (χ2v) is 5.60. The molecule has 0 radical (unpaired) electrons. The summed E-state index contributed by atoms with van der Waals surface area (Å²) >= 11 is 3.34. The summed E-state index contributed by atoms with van der Waals surface area (Å²) in [4.78, 5) is 16.2. The number of amides is 1. The molecule has 1 aromatic rings. The number of nitrogens with zero attached hydrogens (tertiary/aromatic N) is 3. The Hall–Kier alpha value is -1.38. The molecule has 0 aliphatic carbocycles. The SMILES string of the molecule is O=C(O)N1CCC[C@@H]1CN(c1cccnc1Cl)S(=O)[O-]. The molecule has 2 atom stereocenters. The Morgan fingerprint density at radius 2 is 2.45 bits per heavy atom. The van der Waals surface area contributed by atoms with E-state index in [1.54, 1.807) is 6.07 Å². The van der Waals surface area contributed by atoms with Gasteiger partial charge in [-0.25, -0.2) is 9.78 Å². The standard InChI is InChI=1S/C11H14ClN3O4S/c12-10-9(4-1-5-13-10)15(20(18)19)7-8-3-2-6-14(8)11(16)17/h1,4-5,8H,2-3,6-7H2,(H,16,17)(H,18,19)/p-1/t8-/m1/s1. The van der Waals surface area contributed by atoms with Crippen molar-refractivity contribution in [3.63, 3.8) is 0 Å². The number of carbonyl (C=O) groups is 1. The lowest BCUT2D eigenvalue weighted by Gasteiger charge is -2.32. The molecule has 0 saturated carbocycles. The van der Waals surface area contributed by atoms with E-state index in [9.17, 15) is 13.6 Å². The lowest BCUT2D eigenvalue weighted by atomic mass is 10.2. The number of anilines is 1. The van der Waals surface area contributed by atoms with Crippen LogP contribution in [0, 0.1) is 0 Å². The Kier molecular flexibility index (Phi) is 4.79. The minimum atomic E-state index is -2.55. The van der Waals surface area contributed by atoms with E-state index in [-0.39, 0.29) is 23.4 Å². The maximum atomic E-state index is 11.4. The number of halogens is 1. The first-order valence-corrected chi connectivity index (χ1v) is 7.38. The van der Waals surface area contributed by atoms with Crippen molar-refractivity contribution >= 4 is 34.6 Å². The molecule has 1 N–H and O–H groups in total. The number of likely N-dealkylation sites (tertiary alicyclic amines) is 1. The molecule has 2 heterocycles. The summed E-state index contributed by atoms with van der Waals surface area (Å²) in [5.74, 6) is 0. The van der Waals surface area contributed by atoms with Crippen molar-refractivity contribution in [1.82, 2.24) is 9.88 Å². The van der Waals surface area contributed by atoms with E-state index in [1.165, 1.54) is 17.2 Å². The maximum Gasteiger partial charge on any atom is 0.407 e. The number of pyridine rings is 1. The van der Waals surface area contributed by atoms with Gasteiger partial charge >= 0.3 is 6.09 Å². The van der Waals surface area contributed by atoms with Crippen molar-refractivity contribution in [1.29, 1.82) is 0 Å². The van der Waals surface area contributed by atoms with Crippen LogP contribution < -0.4 is 4.31 Å². The fourth-order valence-electron chi connectivity index (χ4n) is 2.27. The summed E-state index contributed by atoms with van der Waals surface area (Å²) < 4.78 is 23.8. The molecule has 1 aliphatic rings. The van der Waals surface area contributed by atoms with Crippen LogP contribution in [0.25, 0.3) is 0 Å². The monoisotopic (exact) mass is 318 g/mol. The van der Waals surface area contributed by atoms with E-state index in [0.29, 0.717) is 13.0 Å². The minimum absolute atomic E-state index is 0.0355. The average molecular weight is 319 g/mol. The molecule has 0 aromatic carbocycles. The maximum absolute atomic E-state index is 11.4. The molecule has 1 aromatic heterocycles. The predicted molar refractivity (Wildman–Crippen MR) is 73.3 cm³/mol. The van der Waals surface area contributed by atoms with E-state index in [1.807, 2.05) is 0 Å². The highest BCUT2D eigenvalue weighted by Crippen LogP contribution is 2.27. The molecule has 1 fully saturated rings. The smallest absolute Gasteiger partial charge is 0.407 e. The van der Waals surface area contributed by atoms with Gasteiger partial charge in [0.05, 0.1) is 18.3 Å². The number of carboxylic acid groups (broad SMARTS) is 1. The highest BCUT2D eigenvalue weighted by Gasteiger charge is 2.30. The summed E-state index contributed by atoms with van der Waals surface area (Å²) in [5.41, 5.74) is 0.250. The molecule has 1 unspecified atom stereocenters. The first-order chi connectivity index (χ1) is 9.50. The van der Waals surface area contributed by atoms with E-state index >= 15 is 0 Å². The minimum Gasteiger partial charge on any atom is -0.755 e. The van der Waals surface area contributed by atoms with Crippen molar-refractivity contribution in [2.24, 2.45) is 0 Å². The van der Waals surface area contributed by atoms with Gasteiger partial charge in [-0.3, -0.25) is 8.51 Å². The number of hydrogen-bond acceptors (Lipinski definition) is 4. The van der Waals surface area contributed by atoms with Crippen LogP contribution in [-0.2, 0) is 11.3 Å². The highest BCUT2D eigenvalue weighted by atomic mass is 35.5. The Labute approximate surface area is 123 Å². The van der Waals surface area contributed by atoms with E-state index < -0.39 is 17.4 Å². The lowest BCUT2D eigenvalue weighted by molar-refractivity contribution is 0.141. The van der Waals surface area contributed by atoms with Crippen LogP contribution in [0.1, 0.15) is 12.8 Å². The van der Waals surface area contributed by atoms with E-state index in [2.05, 4.69) is 4.98 Å². The fraction of sp³-hybridized carbons (Fsp3) is 0.455. The van der Waals surface area contributed by atoms with Crippen LogP contribution in [0.15, 0.2) is 18.3 Å². The van der Waals surface area contributed by atoms with Gasteiger partial charge in [0.25, 0.3) is 0 Å². The molecule has 1 aliphatic heterocycles. The molecule has 1 saturated heterocycles. The third kappa shape index (κ3) is 3.20. The molecule has 7 nitrogen and oxygen atoms in total. The second kappa shape index (κ2) is 6.38. The molecule has 0 bridgehead atoms. The van der Waals surface area contributed by atoms with Crippen molar-refractivity contribution in [2.45, 2.75) is 18.9 Å². The van der Waals surface area contributed by atoms with Gasteiger partial charge in [-0.2, -0.15) is 0 Å². The van der Waals surface area contributed by atoms with Crippen LogP contribution in [0.3, 0.4) is 0 Å². The van der Waals surface area contributed by atoms with Crippen LogP contribution >= 0.6 is 11.6 Å². The molecule has 2 rings (SSSR count). The zero-order valence-electron chi connectivity index (χ0n) is 10.4. The predicted octanol–water partition coefficient (Wildman–Crippen LogP) is 1.48. The molecule has 20 heavy (non-hydrogen) atoms. The summed E-state index contributed by atoms with van der Waals surface area (Å²) in [6.45, 7) is 0.452. The van der Waals surface area contributed by atoms with Gasteiger partial charge in [-0.05, 0) is 25.0 Å². The summed E-state index contributed by atoms with van der Waals surface area (Å²) in [6.07, 6.45) is 1.76. The Morgan fingerprint density at radius 1 is 1.70 bits per heavy atom. The largest absolute Gasteiger partial charge is 0.755 e. The van der Waals surface area contributed by atoms with Crippen molar-refractivity contribution in [2.75, 3.05) is 17.4 Å². The second-order valence-electron chi connectivity index (χ2n) is 4.36. The van der Waals surface area contributed by atoms with Gasteiger partial charge in [0.2, 0.25) is 0 Å². The van der Waals surface area contributed by atoms with Crippen LogP contribution in [-0.4, -0.2) is 49.0 Å². The van der Waals surface area contributed by atoms with E-state index in [4.69, 9.17) is 16.7 Å². The quantitative estimate of drug-likeness (QED) is 0.670. The first kappa shape index (κ1) is 15.0. The summed E-state index contributed by atoms with van der Waals surface area (Å²) in [6, 6.07) is 2.73. The zero-order valence-corrected chi connectivity index (χ0v) is 12.0. The Bertz CT molecular complexity index is 530. The van der Waals surface area contributed by atoms with Gasteiger partial charge in [0.15, 0.2) is 5.15 Å². The third-order valence-corrected chi connectivity index (χ3v) is 4.18. The topological polar surface area (TPSA) is 96.8 Å². The van der Waals surface area contributed by atoms with Gasteiger partial charge < -0.3 is 14.6 Å². The first-order valence-electron chi connectivity index (χ1n) is 5.97. The average Bonchev–Trinajstić information content (AvgIpc) is 2.85. The fourth-order valence-corrected chi connectivity index (χ4v) is 3.15. The van der Waals surface area contributed by atoms with Crippen LogP contribution in [0.5, 0.6) is 0 Å². The van der Waals surface area contributed by atoms with Gasteiger partial charge in [0, 0.05) is 24.0 Å². The molecule has 9 heteroatoms. The van der Waals surface area contributed by atoms with E-state index in [0.717, 1.165) is 10.7 Å². The van der Waals surface area contributed by atoms with Crippen LogP contribution in [0.4, 0.5) is 10.5 Å². The van der Waals surface area contributed by atoms with Gasteiger partial charge in [-0.15, -0.1) is 0 Å². The summed E-state index contributed by atoms with van der Waals surface area (Å²) in [7, 11) is 0. The highest BCUT2D eigenvalue weighted by molar-refractivity contribution is 7.80. The molecule has 0 spiro atoms. The number of hydrogen-bond donors (Lipinski definition) is 1. The Balaban J connectivity index is 2.21. The number of aromatic nitrogens is 1. The molecular weight excluding hydrogens is 306 g/mol. The van der Waals surface area contributed by atoms with Gasteiger partial charge in [0.1, 0.15) is 0 Å². The van der Waals surface area contributed by atoms with Gasteiger partial charge in [-0.1, -0.05) is 11.6 Å².